The maximum absolute atomic E-state index is 10.1. The molecule has 10 heavy (non-hydrogen) atoms. The van der Waals surface area contributed by atoms with Crippen molar-refractivity contribution in [1.82, 2.24) is 0 Å². The molecule has 0 fully saturated rings. The minimum absolute atomic E-state index is 0.503. The van der Waals surface area contributed by atoms with Crippen molar-refractivity contribution in [1.29, 1.82) is 0 Å². The molecule has 3 heteroatoms. The van der Waals surface area contributed by atoms with Crippen molar-refractivity contribution in [2.75, 3.05) is 6.61 Å². The van der Waals surface area contributed by atoms with Crippen LogP contribution in [0, 0.1) is 0 Å². The fourth-order valence-electron chi connectivity index (χ4n) is 0.397. The van der Waals surface area contributed by atoms with Crippen molar-refractivity contribution < 1.29 is 9.53 Å². The van der Waals surface area contributed by atoms with Gasteiger partial charge < -0.3 is 4.74 Å². The summed E-state index contributed by atoms with van der Waals surface area (Å²) in [7, 11) is 0. The number of carbonyl (C=O) groups is 1. The van der Waals surface area contributed by atoms with E-state index >= 15 is 0 Å². The molecular weight excluding hydrogens is 152 g/mol. The van der Waals surface area contributed by atoms with Crippen molar-refractivity contribution in [2.24, 2.45) is 0 Å². The van der Waals surface area contributed by atoms with Crippen LogP contribution >= 0.6 is 11.6 Å². The Balaban J connectivity index is 3.10. The number of rotatable bonds is 5. The van der Waals surface area contributed by atoms with Crippen molar-refractivity contribution >= 4 is 16.8 Å². The van der Waals surface area contributed by atoms with Crippen molar-refractivity contribution in [3.8, 4) is 0 Å². The topological polar surface area (TPSA) is 26.3 Å². The molecule has 0 heterocycles. The second-order valence-corrected chi connectivity index (χ2v) is 2.20. The molecule has 0 radical (unpaired) electrons. The molecular formula is C7H11ClO2. The first-order valence-electron chi connectivity index (χ1n) is 3.25. The van der Waals surface area contributed by atoms with Gasteiger partial charge in [0.2, 0.25) is 5.24 Å². The molecule has 2 nitrogen and oxygen atoms in total. The summed E-state index contributed by atoms with van der Waals surface area (Å²) in [6.07, 6.45) is 4.60. The molecule has 0 aliphatic rings. The molecule has 0 aromatic rings. The van der Waals surface area contributed by atoms with Crippen LogP contribution in [0.2, 0.25) is 0 Å². The van der Waals surface area contributed by atoms with Crippen LogP contribution in [0.25, 0.3) is 0 Å². The summed E-state index contributed by atoms with van der Waals surface area (Å²) in [5.74, 6) is 0. The summed E-state index contributed by atoms with van der Waals surface area (Å²) in [6, 6.07) is 0. The smallest absolute Gasteiger partial charge is 0.248 e. The van der Waals surface area contributed by atoms with Crippen LogP contribution in [0.3, 0.4) is 0 Å². The molecule has 0 amide bonds. The van der Waals surface area contributed by atoms with Crippen molar-refractivity contribution in [3.05, 3.63) is 12.3 Å². The molecule has 0 aliphatic carbocycles. The molecule has 0 saturated carbocycles. The van der Waals surface area contributed by atoms with E-state index in [-0.39, 0.29) is 0 Å². The molecule has 0 unspecified atom stereocenters. The van der Waals surface area contributed by atoms with E-state index in [9.17, 15) is 4.79 Å². The van der Waals surface area contributed by atoms with Gasteiger partial charge in [-0.1, -0.05) is 13.3 Å². The lowest BCUT2D eigenvalue weighted by molar-refractivity contribution is -0.107. The van der Waals surface area contributed by atoms with Crippen LogP contribution in [0.4, 0.5) is 0 Å². The summed E-state index contributed by atoms with van der Waals surface area (Å²) in [6.45, 7) is 2.72. The monoisotopic (exact) mass is 162 g/mol. The lowest BCUT2D eigenvalue weighted by Crippen LogP contribution is -1.86. The van der Waals surface area contributed by atoms with Crippen LogP contribution in [0.15, 0.2) is 12.3 Å². The van der Waals surface area contributed by atoms with Gasteiger partial charge in [-0.3, -0.25) is 4.79 Å². The fourth-order valence-corrected chi connectivity index (χ4v) is 0.449. The maximum atomic E-state index is 10.1. The van der Waals surface area contributed by atoms with Crippen LogP contribution in [0.1, 0.15) is 19.8 Å². The number of allylic oxidation sites excluding steroid dienone is 1. The van der Waals surface area contributed by atoms with Gasteiger partial charge in [0.25, 0.3) is 0 Å². The Morgan fingerprint density at radius 1 is 1.70 bits per heavy atom. The van der Waals surface area contributed by atoms with Crippen LogP contribution in [-0.2, 0) is 9.53 Å². The van der Waals surface area contributed by atoms with Gasteiger partial charge in [-0.05, 0) is 18.0 Å². The zero-order valence-electron chi connectivity index (χ0n) is 5.97. The van der Waals surface area contributed by atoms with Crippen LogP contribution < -0.4 is 0 Å². The molecule has 0 aliphatic heterocycles. The predicted octanol–water partition coefficient (Wildman–Crippen LogP) is 2.08. The molecule has 0 spiro atoms. The van der Waals surface area contributed by atoms with Crippen molar-refractivity contribution in [3.63, 3.8) is 0 Å². The lowest BCUT2D eigenvalue weighted by Gasteiger charge is -1.95. The number of ether oxygens (including phenoxy) is 1. The van der Waals surface area contributed by atoms with Crippen LogP contribution in [-0.4, -0.2) is 11.8 Å². The second kappa shape index (κ2) is 6.62. The highest BCUT2D eigenvalue weighted by Gasteiger charge is 1.84. The van der Waals surface area contributed by atoms with Gasteiger partial charge in [-0.15, -0.1) is 0 Å². The highest BCUT2D eigenvalue weighted by atomic mass is 35.5. The minimum atomic E-state index is -0.503. The molecule has 0 N–H and O–H groups in total. The Morgan fingerprint density at radius 3 is 2.90 bits per heavy atom. The molecule has 0 aromatic carbocycles. The molecule has 0 aromatic heterocycles. The molecule has 0 atom stereocenters. The van der Waals surface area contributed by atoms with E-state index in [2.05, 4.69) is 6.92 Å². The number of carbonyl (C=O) groups excluding carboxylic acids is 1. The number of hydrogen-bond acceptors (Lipinski definition) is 2. The van der Waals surface area contributed by atoms with Gasteiger partial charge in [-0.2, -0.15) is 0 Å². The summed E-state index contributed by atoms with van der Waals surface area (Å²) >= 11 is 4.98. The first-order valence-corrected chi connectivity index (χ1v) is 3.62. The number of hydrogen-bond donors (Lipinski definition) is 0. The fraction of sp³-hybridized carbons (Fsp3) is 0.571. The standard InChI is InChI=1S/C7H11ClO2/c1-2-3-5-10-6-4-7(8)9/h4,6H,2-3,5H2,1H3. The Hall–Kier alpha value is -0.500. The van der Waals surface area contributed by atoms with Crippen LogP contribution in [0.5, 0.6) is 0 Å². The van der Waals surface area contributed by atoms with E-state index < -0.39 is 5.24 Å². The molecule has 0 bridgehead atoms. The Morgan fingerprint density at radius 2 is 2.40 bits per heavy atom. The Kier molecular flexibility index (Phi) is 6.29. The quantitative estimate of drug-likeness (QED) is 0.268. The van der Waals surface area contributed by atoms with Gasteiger partial charge in [0.15, 0.2) is 0 Å². The lowest BCUT2D eigenvalue weighted by atomic mass is 10.4. The average molecular weight is 163 g/mol. The molecule has 0 saturated heterocycles. The maximum Gasteiger partial charge on any atom is 0.248 e. The Labute approximate surface area is 65.8 Å². The average Bonchev–Trinajstić information content (AvgIpc) is 1.87. The Bertz CT molecular complexity index is 121. The van der Waals surface area contributed by atoms with E-state index in [1.165, 1.54) is 12.3 Å². The second-order valence-electron chi connectivity index (χ2n) is 1.83. The number of halogens is 1. The first-order chi connectivity index (χ1) is 4.77. The summed E-state index contributed by atoms with van der Waals surface area (Å²) < 4.78 is 4.90. The largest absolute Gasteiger partial charge is 0.501 e. The van der Waals surface area contributed by atoms with E-state index in [4.69, 9.17) is 16.3 Å². The third-order valence-corrected chi connectivity index (χ3v) is 1.04. The zero-order chi connectivity index (χ0) is 7.82. The SMILES string of the molecule is CCCCOC=CC(=O)Cl. The highest BCUT2D eigenvalue weighted by molar-refractivity contribution is 6.66. The third-order valence-electron chi connectivity index (χ3n) is 0.911. The zero-order valence-corrected chi connectivity index (χ0v) is 6.73. The summed E-state index contributed by atoms with van der Waals surface area (Å²) in [5, 5.41) is -0.503. The van der Waals surface area contributed by atoms with Gasteiger partial charge >= 0.3 is 0 Å². The van der Waals surface area contributed by atoms with Crippen molar-refractivity contribution in [2.45, 2.75) is 19.8 Å². The molecule has 58 valence electrons. The number of unbranched alkanes of at least 4 members (excludes halogenated alkanes) is 1. The third kappa shape index (κ3) is 7.50. The summed E-state index contributed by atoms with van der Waals surface area (Å²) in [5.41, 5.74) is 0. The van der Waals surface area contributed by atoms with E-state index in [1.807, 2.05) is 0 Å². The molecule has 0 rings (SSSR count). The van der Waals surface area contributed by atoms with E-state index in [0.29, 0.717) is 6.61 Å². The van der Waals surface area contributed by atoms with Gasteiger partial charge in [0, 0.05) is 6.08 Å². The van der Waals surface area contributed by atoms with E-state index in [1.54, 1.807) is 0 Å². The highest BCUT2D eigenvalue weighted by Crippen LogP contribution is 1.89. The summed E-state index contributed by atoms with van der Waals surface area (Å²) in [4.78, 5) is 10.1. The van der Waals surface area contributed by atoms with E-state index in [0.717, 1.165) is 12.8 Å². The first kappa shape index (κ1) is 9.50. The predicted molar refractivity (Wildman–Crippen MR) is 40.9 cm³/mol. The van der Waals surface area contributed by atoms with Gasteiger partial charge in [0.1, 0.15) is 0 Å². The van der Waals surface area contributed by atoms with Gasteiger partial charge in [-0.25, -0.2) is 0 Å². The minimum Gasteiger partial charge on any atom is -0.501 e. The van der Waals surface area contributed by atoms with Gasteiger partial charge in [0.05, 0.1) is 12.9 Å². The normalized spacial score (nSPS) is 10.2.